The number of benzene rings is 6. The van der Waals surface area contributed by atoms with Crippen LogP contribution in [0.3, 0.4) is 0 Å². The zero-order valence-corrected chi connectivity index (χ0v) is 39.3. The number of nitrogens with one attached hydrogen (secondary N) is 2. The van der Waals surface area contributed by atoms with Gasteiger partial charge in [-0.15, -0.1) is 0 Å². The molecule has 0 bridgehead atoms. The Labute approximate surface area is 420 Å². The number of nitrogens with two attached hydrogens (primary N) is 1. The lowest BCUT2D eigenvalue weighted by Crippen LogP contribution is -2.54. The predicted molar refractivity (Wildman–Crippen MR) is 267 cm³/mol. The maximum atomic E-state index is 16.6. The average Bonchev–Trinajstić information content (AvgIpc) is 4.08. The maximum Gasteiger partial charge on any atom is 0.421 e. The van der Waals surface area contributed by atoms with Crippen LogP contribution < -0.4 is 26.0 Å². The highest BCUT2D eigenvalue weighted by Gasteiger charge is 2.76. The number of aliphatic hydroxyl groups excluding tert-OH is 1. The molecule has 0 saturated carbocycles. The second-order valence-corrected chi connectivity index (χ2v) is 18.3. The monoisotopic (exact) mass is 997 g/mol. The summed E-state index contributed by atoms with van der Waals surface area (Å²) in [5, 5.41) is 26.8. The van der Waals surface area contributed by atoms with Gasteiger partial charge in [0.25, 0.3) is 5.69 Å². The van der Waals surface area contributed by atoms with Crippen LogP contribution in [0, 0.1) is 27.9 Å². The van der Waals surface area contributed by atoms with Crippen molar-refractivity contribution < 1.29 is 48.2 Å². The number of cyclic esters (lactones) is 1. The molecule has 6 aromatic carbocycles. The van der Waals surface area contributed by atoms with Crippen molar-refractivity contribution in [3.05, 3.63) is 195 Å². The number of carbonyl (C=O) groups is 5. The molecule has 0 radical (unpaired) electrons. The Hall–Kier alpha value is -8.96. The number of primary amides is 1. The van der Waals surface area contributed by atoms with Crippen LogP contribution in [-0.4, -0.2) is 75.6 Å². The molecule has 2 fully saturated rings. The Bertz CT molecular complexity index is 3330. The normalized spacial score (nSPS) is 20.8. The van der Waals surface area contributed by atoms with Crippen molar-refractivity contribution in [2.45, 2.75) is 36.3 Å². The fourth-order valence-electron chi connectivity index (χ4n) is 10.2. The molecule has 3 aliphatic heterocycles. The number of nitrogens with zero attached hydrogens (tertiary/aromatic N) is 4. The number of fused-ring (bicyclic) bond motifs is 4. The minimum Gasteiger partial charge on any atom is -0.491 e. The minimum atomic E-state index is -2.23. The summed E-state index contributed by atoms with van der Waals surface area (Å²) in [4.78, 5) is 92.8. The first-order chi connectivity index (χ1) is 35.5. The number of thiazole rings is 1. The van der Waals surface area contributed by atoms with Gasteiger partial charge in [-0.1, -0.05) is 108 Å². The number of imide groups is 1. The van der Waals surface area contributed by atoms with E-state index >= 15 is 14.4 Å². The second kappa shape index (κ2) is 20.0. The Morgan fingerprint density at radius 2 is 1.58 bits per heavy atom. The van der Waals surface area contributed by atoms with Gasteiger partial charge in [-0.05, 0) is 82.4 Å². The molecule has 3 aliphatic rings. The summed E-state index contributed by atoms with van der Waals surface area (Å²) in [6.07, 6.45) is -2.16. The van der Waals surface area contributed by atoms with Gasteiger partial charge in [0.05, 0.1) is 52.0 Å². The summed E-state index contributed by atoms with van der Waals surface area (Å²) >= 11 is 1.19. The van der Waals surface area contributed by atoms with Crippen LogP contribution in [0.2, 0.25) is 0 Å². The fraction of sp³-hybridized carbons (Fsp3) is 0.185. The Morgan fingerprint density at radius 3 is 2.29 bits per heavy atom. The number of anilines is 2. The van der Waals surface area contributed by atoms with Crippen LogP contribution in [0.1, 0.15) is 51.6 Å². The topological polar surface area (TPSA) is 246 Å². The first kappa shape index (κ1) is 47.7. The number of morpholine rings is 1. The quantitative estimate of drug-likeness (QED) is 0.0409. The number of carbonyl (C=O) groups excluding carboxylic acids is 5. The van der Waals surface area contributed by atoms with Crippen molar-refractivity contribution in [3.8, 4) is 17.6 Å². The molecule has 19 heteroatoms. The summed E-state index contributed by atoms with van der Waals surface area (Å²) in [6.45, 7) is -0.960. The van der Waals surface area contributed by atoms with E-state index in [-0.39, 0.29) is 41.8 Å². The number of nitro groups is 1. The average molecular weight is 998 g/mol. The molecule has 0 unspecified atom stereocenters. The minimum absolute atomic E-state index is 0.0130. The van der Waals surface area contributed by atoms with Crippen molar-refractivity contribution in [3.63, 3.8) is 0 Å². The van der Waals surface area contributed by atoms with E-state index in [4.69, 9.17) is 24.9 Å². The van der Waals surface area contributed by atoms with E-state index in [9.17, 15) is 24.8 Å². The van der Waals surface area contributed by atoms with Gasteiger partial charge in [-0.2, -0.15) is 0 Å². The molecule has 1 spiro atoms. The van der Waals surface area contributed by atoms with Crippen molar-refractivity contribution in [2.24, 2.45) is 11.7 Å². The number of non-ortho nitro benzene ring substituents is 1. The number of rotatable bonds is 12. The number of hydrogen-bond donors (Lipinski definition) is 4. The summed E-state index contributed by atoms with van der Waals surface area (Å²) in [5.41, 5.74) is 5.99. The third kappa shape index (κ3) is 8.84. The SMILES string of the molecule is NC(=O)NCC#Cc1ccc2c(c1)[C@]1(C(=O)N2C(=O)OCc2ccc([N+](=O)[O-])cc2)[C@H](C(=O)Nc2nc3ccccc3s2)[C@H]2C(=O)O[C@H](c3ccccc3)[C@H](c3ccccc3)N2[C@@H]1c1cccc(OCCO)c1. The zero-order valence-electron chi connectivity index (χ0n) is 38.5. The van der Waals surface area contributed by atoms with Crippen LogP contribution in [0.15, 0.2) is 152 Å². The molecule has 5 N–H and O–H groups in total. The Balaban J connectivity index is 1.24. The number of para-hydroxylation sites is 1. The van der Waals surface area contributed by atoms with Crippen LogP contribution in [-0.2, 0) is 35.9 Å². The summed E-state index contributed by atoms with van der Waals surface area (Å²) in [6, 6.07) is 37.8. The number of aliphatic hydroxyl groups is 1. The number of aromatic nitrogens is 1. The highest BCUT2D eigenvalue weighted by molar-refractivity contribution is 7.22. The number of amides is 5. The zero-order chi connectivity index (χ0) is 50.8. The van der Waals surface area contributed by atoms with E-state index < -0.39 is 77.0 Å². The van der Waals surface area contributed by atoms with Gasteiger partial charge in [0.15, 0.2) is 5.13 Å². The summed E-state index contributed by atoms with van der Waals surface area (Å²) in [7, 11) is 0. The van der Waals surface area contributed by atoms with E-state index in [1.807, 2.05) is 77.7 Å². The second-order valence-electron chi connectivity index (χ2n) is 17.3. The molecule has 1 aromatic heterocycles. The lowest BCUT2D eigenvalue weighted by atomic mass is 9.65. The van der Waals surface area contributed by atoms with Crippen molar-refractivity contribution in [1.29, 1.82) is 0 Å². The fourth-order valence-corrected chi connectivity index (χ4v) is 11.1. The van der Waals surface area contributed by atoms with E-state index in [0.717, 1.165) is 9.60 Å². The van der Waals surface area contributed by atoms with Gasteiger partial charge in [0.1, 0.15) is 36.5 Å². The molecule has 2 saturated heterocycles. The first-order valence-electron chi connectivity index (χ1n) is 23.0. The van der Waals surface area contributed by atoms with Crippen LogP contribution >= 0.6 is 11.3 Å². The van der Waals surface area contributed by atoms with Crippen molar-refractivity contribution in [1.82, 2.24) is 15.2 Å². The van der Waals surface area contributed by atoms with Crippen LogP contribution in [0.4, 0.5) is 26.1 Å². The number of hydrogen-bond acceptors (Lipinski definition) is 14. The molecular weight excluding hydrogens is 955 g/mol. The first-order valence-corrected chi connectivity index (χ1v) is 23.8. The third-order valence-electron chi connectivity index (χ3n) is 13.1. The highest BCUT2D eigenvalue weighted by Crippen LogP contribution is 2.66. The maximum absolute atomic E-state index is 16.6. The molecule has 0 aliphatic carbocycles. The molecular formula is C54H43N7O11S. The van der Waals surface area contributed by atoms with Crippen molar-refractivity contribution in [2.75, 3.05) is 30.0 Å². The van der Waals surface area contributed by atoms with E-state index in [2.05, 4.69) is 22.5 Å². The molecule has 6 atom stereocenters. The third-order valence-corrected chi connectivity index (χ3v) is 14.0. The number of nitro benzene ring substituents is 1. The van der Waals surface area contributed by atoms with E-state index in [0.29, 0.717) is 39.1 Å². The highest BCUT2D eigenvalue weighted by atomic mass is 32.1. The molecule has 73 heavy (non-hydrogen) atoms. The van der Waals surface area contributed by atoms with Gasteiger partial charge < -0.3 is 35.7 Å². The Kier molecular flexibility index (Phi) is 13.1. The molecule has 10 rings (SSSR count). The van der Waals surface area contributed by atoms with Gasteiger partial charge in [-0.25, -0.2) is 19.5 Å². The number of urea groups is 1. The van der Waals surface area contributed by atoms with Gasteiger partial charge >= 0.3 is 18.1 Å². The van der Waals surface area contributed by atoms with Crippen LogP contribution in [0.5, 0.6) is 5.75 Å². The number of ether oxygens (including phenoxy) is 3. The summed E-state index contributed by atoms with van der Waals surface area (Å²) in [5.74, 6) is 1.88. The molecule has 18 nitrogen and oxygen atoms in total. The Morgan fingerprint density at radius 1 is 0.863 bits per heavy atom. The predicted octanol–water partition coefficient (Wildman–Crippen LogP) is 7.24. The van der Waals surface area contributed by atoms with Crippen LogP contribution in [0.25, 0.3) is 10.2 Å². The van der Waals surface area contributed by atoms with E-state index in [1.165, 1.54) is 41.7 Å². The van der Waals surface area contributed by atoms with E-state index in [1.54, 1.807) is 48.5 Å². The lowest BCUT2D eigenvalue weighted by molar-refractivity contribution is -0.384. The van der Waals surface area contributed by atoms with Crippen molar-refractivity contribution >= 4 is 68.0 Å². The largest absolute Gasteiger partial charge is 0.491 e. The lowest BCUT2D eigenvalue weighted by Gasteiger charge is -2.46. The van der Waals surface area contributed by atoms with Gasteiger partial charge in [-0.3, -0.25) is 29.4 Å². The van der Waals surface area contributed by atoms with Gasteiger partial charge in [0.2, 0.25) is 11.8 Å². The number of esters is 1. The van der Waals surface area contributed by atoms with Gasteiger partial charge in [0, 0.05) is 17.7 Å². The molecule has 366 valence electrons. The molecule has 4 heterocycles. The smallest absolute Gasteiger partial charge is 0.421 e. The summed E-state index contributed by atoms with van der Waals surface area (Å²) < 4.78 is 19.2. The standard InChI is InChI=1S/C54H43N7O11S/c55-51(66)56-26-10-11-32-22-25-41-39(29-32)54(50(65)59(41)53(67)71-31-33-20-23-37(24-21-33)61(68)69)43(48(63)58-52-57-40-18-7-8-19-42(40)73-52)45-49(64)72-46(35-14-5-2-6-15-35)44(34-12-3-1-4-13-34)60(45)47(54)36-16-9-17-38(30-36)70-28-27-62/h1-9,12-25,29-30,43-47,62H,26-28,31H2,(H3,55,56,66)(H,57,58,63)/t43-,44-,45-,46+,47+,54-/m0/s1. The molecule has 7 aromatic rings. The molecule has 5 amide bonds.